The number of rotatable bonds is 7. The number of methoxy groups -OCH3 is 2. The molecule has 1 aromatic heterocycles. The Morgan fingerprint density at radius 3 is 2.36 bits per heavy atom. The van der Waals surface area contributed by atoms with Gasteiger partial charge in [-0.2, -0.15) is 5.10 Å². The van der Waals surface area contributed by atoms with Crippen molar-refractivity contribution in [3.05, 3.63) is 89.0 Å². The Labute approximate surface area is 207 Å². The maximum Gasteiger partial charge on any atom is 0.411 e. The van der Waals surface area contributed by atoms with E-state index >= 15 is 0 Å². The van der Waals surface area contributed by atoms with Crippen molar-refractivity contribution in [1.82, 2.24) is 10.2 Å². The molecule has 36 heavy (non-hydrogen) atoms. The Kier molecular flexibility index (Phi) is 6.08. The zero-order valence-electron chi connectivity index (χ0n) is 19.8. The SMILES string of the molecule is COC(=O)Nc1ccc(CC(=O)Cc2cccc3c2C(=O)c2c(-c4ccc(OC)cc4)n[nH]c2-3)cc1. The fourth-order valence-corrected chi connectivity index (χ4v) is 4.44. The highest BCUT2D eigenvalue weighted by Crippen LogP contribution is 2.41. The van der Waals surface area contributed by atoms with Gasteiger partial charge in [0.15, 0.2) is 5.78 Å². The lowest BCUT2D eigenvalue weighted by molar-refractivity contribution is -0.117. The molecule has 4 aromatic rings. The number of carbonyl (C=O) groups is 3. The second kappa shape index (κ2) is 9.50. The van der Waals surface area contributed by atoms with E-state index in [1.165, 1.54) is 7.11 Å². The summed E-state index contributed by atoms with van der Waals surface area (Å²) in [5, 5.41) is 9.99. The van der Waals surface area contributed by atoms with Crippen molar-refractivity contribution >= 4 is 23.3 Å². The molecule has 0 spiro atoms. The van der Waals surface area contributed by atoms with E-state index in [0.29, 0.717) is 33.8 Å². The van der Waals surface area contributed by atoms with Gasteiger partial charge in [0.1, 0.15) is 17.2 Å². The van der Waals surface area contributed by atoms with Crippen LogP contribution in [0.3, 0.4) is 0 Å². The van der Waals surface area contributed by atoms with Crippen LogP contribution in [0.4, 0.5) is 10.5 Å². The Bertz CT molecular complexity index is 1470. The Balaban J connectivity index is 1.35. The van der Waals surface area contributed by atoms with E-state index in [-0.39, 0.29) is 24.4 Å². The van der Waals surface area contributed by atoms with E-state index in [9.17, 15) is 14.4 Å². The minimum atomic E-state index is -0.559. The molecule has 1 heterocycles. The number of amides is 1. The summed E-state index contributed by atoms with van der Waals surface area (Å²) in [5.41, 5.74) is 5.94. The molecule has 8 nitrogen and oxygen atoms in total. The third-order valence-electron chi connectivity index (χ3n) is 6.18. The number of benzene rings is 3. The van der Waals surface area contributed by atoms with Crippen LogP contribution >= 0.6 is 0 Å². The maximum atomic E-state index is 13.5. The molecule has 0 aliphatic heterocycles. The van der Waals surface area contributed by atoms with Gasteiger partial charge in [-0.05, 0) is 47.5 Å². The molecule has 1 amide bonds. The number of Topliss-reactive ketones (excluding diaryl/α,β-unsaturated/α-hetero) is 1. The van der Waals surface area contributed by atoms with Crippen LogP contribution in [0, 0.1) is 0 Å². The summed E-state index contributed by atoms with van der Waals surface area (Å²) >= 11 is 0. The van der Waals surface area contributed by atoms with E-state index < -0.39 is 6.09 Å². The molecular formula is C28H23N3O5. The molecule has 0 saturated carbocycles. The molecule has 1 aliphatic rings. The molecule has 0 radical (unpaired) electrons. The van der Waals surface area contributed by atoms with Crippen LogP contribution in [0.15, 0.2) is 66.7 Å². The molecule has 0 fully saturated rings. The highest BCUT2D eigenvalue weighted by atomic mass is 16.5. The number of hydrogen-bond donors (Lipinski definition) is 2. The van der Waals surface area contributed by atoms with Crippen LogP contribution in [0.2, 0.25) is 0 Å². The van der Waals surface area contributed by atoms with Crippen LogP contribution in [0.25, 0.3) is 22.5 Å². The zero-order chi connectivity index (χ0) is 25.2. The summed E-state index contributed by atoms with van der Waals surface area (Å²) in [4.78, 5) is 37.8. The summed E-state index contributed by atoms with van der Waals surface area (Å²) in [6, 6.07) is 19.9. The Hall–Kier alpha value is -4.72. The van der Waals surface area contributed by atoms with Gasteiger partial charge < -0.3 is 9.47 Å². The lowest BCUT2D eigenvalue weighted by Crippen LogP contribution is -2.12. The molecule has 1 aliphatic carbocycles. The van der Waals surface area contributed by atoms with Crippen LogP contribution in [0.1, 0.15) is 27.0 Å². The van der Waals surface area contributed by atoms with E-state index in [4.69, 9.17) is 4.74 Å². The number of fused-ring (bicyclic) bond motifs is 3. The van der Waals surface area contributed by atoms with Gasteiger partial charge in [-0.3, -0.25) is 20.0 Å². The maximum absolute atomic E-state index is 13.5. The minimum absolute atomic E-state index is 0.0195. The predicted molar refractivity (Wildman–Crippen MR) is 134 cm³/mol. The summed E-state index contributed by atoms with van der Waals surface area (Å²) in [7, 11) is 2.89. The topological polar surface area (TPSA) is 110 Å². The number of nitrogens with zero attached hydrogens (tertiary/aromatic N) is 1. The molecular weight excluding hydrogens is 458 g/mol. The lowest BCUT2D eigenvalue weighted by atomic mass is 9.95. The monoisotopic (exact) mass is 481 g/mol. The van der Waals surface area contributed by atoms with Crippen LogP contribution in [-0.4, -0.2) is 42.1 Å². The summed E-state index contributed by atoms with van der Waals surface area (Å²) in [6.07, 6.45) is -0.218. The highest BCUT2D eigenvalue weighted by Gasteiger charge is 2.34. The largest absolute Gasteiger partial charge is 0.497 e. The molecule has 0 unspecified atom stereocenters. The molecule has 0 saturated heterocycles. The number of hydrogen-bond acceptors (Lipinski definition) is 6. The van der Waals surface area contributed by atoms with Crippen LogP contribution < -0.4 is 10.1 Å². The summed E-state index contributed by atoms with van der Waals surface area (Å²) < 4.78 is 9.80. The van der Waals surface area contributed by atoms with Crippen molar-refractivity contribution in [3.63, 3.8) is 0 Å². The zero-order valence-corrected chi connectivity index (χ0v) is 19.8. The van der Waals surface area contributed by atoms with Crippen LogP contribution in [0.5, 0.6) is 5.75 Å². The number of carbonyl (C=O) groups excluding carboxylic acids is 3. The van der Waals surface area contributed by atoms with Gasteiger partial charge in [0.2, 0.25) is 0 Å². The van der Waals surface area contributed by atoms with Gasteiger partial charge in [-0.1, -0.05) is 30.3 Å². The standard InChI is InChI=1S/C28H23N3O5/c1-35-21-12-8-17(9-13-21)25-24-26(31-30-25)22-5-3-4-18(23(22)27(24)33)15-20(32)14-16-6-10-19(11-7-16)29-28(34)36-2/h3-13H,14-15H2,1-2H3,(H,29,34)(H,30,31). The fraction of sp³-hybridized carbons (Fsp3) is 0.143. The second-order valence-corrected chi connectivity index (χ2v) is 8.43. The summed E-state index contributed by atoms with van der Waals surface area (Å²) in [6.45, 7) is 0. The van der Waals surface area contributed by atoms with Crippen molar-refractivity contribution in [2.45, 2.75) is 12.8 Å². The normalized spacial score (nSPS) is 11.6. The van der Waals surface area contributed by atoms with Gasteiger partial charge >= 0.3 is 6.09 Å². The number of H-pyrrole nitrogens is 1. The number of ketones is 2. The van der Waals surface area contributed by atoms with Gasteiger partial charge in [0.25, 0.3) is 0 Å². The molecule has 8 heteroatoms. The van der Waals surface area contributed by atoms with Gasteiger partial charge in [0, 0.05) is 35.2 Å². The minimum Gasteiger partial charge on any atom is -0.497 e. The number of nitrogens with one attached hydrogen (secondary N) is 2. The van der Waals surface area contributed by atoms with Crippen LogP contribution in [-0.2, 0) is 22.4 Å². The van der Waals surface area contributed by atoms with E-state index in [2.05, 4.69) is 20.3 Å². The number of anilines is 1. The average molecular weight is 482 g/mol. The van der Waals surface area contributed by atoms with Crippen molar-refractivity contribution < 1.29 is 23.9 Å². The van der Waals surface area contributed by atoms with E-state index in [0.717, 1.165) is 22.4 Å². The second-order valence-electron chi connectivity index (χ2n) is 8.43. The Morgan fingerprint density at radius 2 is 1.67 bits per heavy atom. The third-order valence-corrected chi connectivity index (χ3v) is 6.18. The number of aromatic amines is 1. The van der Waals surface area contributed by atoms with Gasteiger partial charge in [-0.25, -0.2) is 4.79 Å². The molecule has 3 aromatic carbocycles. The van der Waals surface area contributed by atoms with Crippen molar-refractivity contribution in [1.29, 1.82) is 0 Å². The van der Waals surface area contributed by atoms with Crippen molar-refractivity contribution in [2.24, 2.45) is 0 Å². The first kappa shape index (κ1) is 23.0. The quantitative estimate of drug-likeness (QED) is 0.345. The van der Waals surface area contributed by atoms with E-state index in [1.807, 2.05) is 42.5 Å². The first-order chi connectivity index (χ1) is 17.5. The number of ether oxygens (including phenoxy) is 2. The van der Waals surface area contributed by atoms with Crippen molar-refractivity contribution in [2.75, 3.05) is 19.5 Å². The molecule has 0 bridgehead atoms. The predicted octanol–water partition coefficient (Wildman–Crippen LogP) is 4.83. The molecule has 0 atom stereocenters. The lowest BCUT2D eigenvalue weighted by Gasteiger charge is -2.09. The Morgan fingerprint density at radius 1 is 0.917 bits per heavy atom. The van der Waals surface area contributed by atoms with E-state index in [1.54, 1.807) is 31.4 Å². The smallest absolute Gasteiger partial charge is 0.411 e. The molecule has 2 N–H and O–H groups in total. The highest BCUT2D eigenvalue weighted by molar-refractivity contribution is 6.24. The molecule has 180 valence electrons. The van der Waals surface area contributed by atoms with Gasteiger partial charge in [-0.15, -0.1) is 0 Å². The summed E-state index contributed by atoms with van der Waals surface area (Å²) in [5.74, 6) is 0.561. The number of aromatic nitrogens is 2. The third kappa shape index (κ3) is 4.24. The first-order valence-electron chi connectivity index (χ1n) is 11.3. The van der Waals surface area contributed by atoms with Crippen molar-refractivity contribution in [3.8, 4) is 28.3 Å². The molecule has 5 rings (SSSR count). The average Bonchev–Trinajstić information content (AvgIpc) is 3.45. The van der Waals surface area contributed by atoms with Gasteiger partial charge in [0.05, 0.1) is 25.5 Å². The fourth-order valence-electron chi connectivity index (χ4n) is 4.44. The first-order valence-corrected chi connectivity index (χ1v) is 11.3.